The van der Waals surface area contributed by atoms with Crippen LogP contribution in [0.2, 0.25) is 0 Å². The first kappa shape index (κ1) is 28.8. The van der Waals surface area contributed by atoms with Crippen molar-refractivity contribution in [1.82, 2.24) is 10.2 Å². The van der Waals surface area contributed by atoms with Crippen LogP contribution in [0, 0.1) is 11.7 Å². The molecule has 0 fully saturated rings. The summed E-state index contributed by atoms with van der Waals surface area (Å²) < 4.78 is 13.8. The highest BCUT2D eigenvalue weighted by atomic mass is 19.1. The van der Waals surface area contributed by atoms with Crippen LogP contribution in [0.1, 0.15) is 88.2 Å². The van der Waals surface area contributed by atoms with Crippen LogP contribution in [0.25, 0.3) is 0 Å². The minimum atomic E-state index is -0.423. The number of fused-ring (bicyclic) bond motifs is 1. The topological polar surface area (TPSA) is 52.7 Å². The molecule has 2 aromatic carbocycles. The molecular formula is C31H44FN3O2. The average molecular weight is 510 g/mol. The fraction of sp³-hybridized carbons (Fsp3) is 0.548. The van der Waals surface area contributed by atoms with Crippen LogP contribution in [0.5, 0.6) is 0 Å². The number of halogens is 1. The predicted octanol–water partition coefficient (Wildman–Crippen LogP) is 6.31. The van der Waals surface area contributed by atoms with Gasteiger partial charge < -0.3 is 10.2 Å². The van der Waals surface area contributed by atoms with E-state index in [9.17, 15) is 14.0 Å². The molecule has 0 unspecified atom stereocenters. The zero-order chi connectivity index (χ0) is 27.0. The lowest BCUT2D eigenvalue weighted by Crippen LogP contribution is -2.37. The Balaban J connectivity index is 1.87. The van der Waals surface area contributed by atoms with Crippen molar-refractivity contribution in [3.8, 4) is 0 Å². The molecule has 3 rings (SSSR count). The highest BCUT2D eigenvalue weighted by Crippen LogP contribution is 2.27. The molecular weight excluding hydrogens is 465 g/mol. The second-order valence-electron chi connectivity index (χ2n) is 11.5. The molecule has 1 heterocycles. The molecule has 5 nitrogen and oxygen atoms in total. The van der Waals surface area contributed by atoms with Gasteiger partial charge in [0.1, 0.15) is 5.82 Å². The first-order valence-electron chi connectivity index (χ1n) is 13.7. The summed E-state index contributed by atoms with van der Waals surface area (Å²) in [6.07, 6.45) is 5.65. The van der Waals surface area contributed by atoms with E-state index in [1.807, 2.05) is 43.0 Å². The number of benzene rings is 2. The zero-order valence-electron chi connectivity index (χ0n) is 23.3. The fourth-order valence-corrected chi connectivity index (χ4v) is 5.11. The molecule has 2 amide bonds. The van der Waals surface area contributed by atoms with Crippen LogP contribution in [-0.4, -0.2) is 42.9 Å². The van der Waals surface area contributed by atoms with Crippen LogP contribution in [-0.2, 0) is 16.8 Å². The molecule has 0 aromatic heterocycles. The maximum Gasteiger partial charge on any atom is 0.251 e. The first-order chi connectivity index (χ1) is 17.6. The smallest absolute Gasteiger partial charge is 0.251 e. The molecule has 2 aromatic rings. The Kier molecular flexibility index (Phi) is 10.3. The van der Waals surface area contributed by atoms with Gasteiger partial charge >= 0.3 is 0 Å². The summed E-state index contributed by atoms with van der Waals surface area (Å²) >= 11 is 0. The average Bonchev–Trinajstić information content (AvgIpc) is 2.83. The highest BCUT2D eigenvalue weighted by Gasteiger charge is 2.24. The number of nitrogens with one attached hydrogen (secondary N) is 1. The van der Waals surface area contributed by atoms with E-state index >= 15 is 0 Å². The quantitative estimate of drug-likeness (QED) is 0.497. The van der Waals surface area contributed by atoms with E-state index in [1.54, 1.807) is 13.0 Å². The minimum absolute atomic E-state index is 0.0303. The number of carbonyl (C=O) groups is 2. The van der Waals surface area contributed by atoms with Crippen molar-refractivity contribution < 1.29 is 14.0 Å². The maximum atomic E-state index is 13.8. The van der Waals surface area contributed by atoms with Crippen molar-refractivity contribution in [3.05, 3.63) is 65.0 Å². The van der Waals surface area contributed by atoms with Gasteiger partial charge in [0.15, 0.2) is 0 Å². The van der Waals surface area contributed by atoms with Crippen LogP contribution >= 0.6 is 0 Å². The fourth-order valence-electron chi connectivity index (χ4n) is 5.11. The highest BCUT2D eigenvalue weighted by molar-refractivity contribution is 5.97. The number of nitrogens with zero attached hydrogens (tertiary/aromatic N) is 2. The number of carbonyl (C=O) groups excluding carboxylic acids is 2. The van der Waals surface area contributed by atoms with E-state index in [-0.39, 0.29) is 17.6 Å². The Bertz CT molecular complexity index is 1070. The third kappa shape index (κ3) is 8.39. The Labute approximate surface area is 222 Å². The Hall–Kier alpha value is -2.73. The van der Waals surface area contributed by atoms with Gasteiger partial charge in [-0.25, -0.2) is 4.39 Å². The number of hydrogen-bond donors (Lipinski definition) is 1. The van der Waals surface area contributed by atoms with Crippen LogP contribution in [0.4, 0.5) is 10.1 Å². The third-order valence-electron chi connectivity index (χ3n) is 7.18. The normalized spacial score (nSPS) is 16.0. The Morgan fingerprint density at radius 2 is 1.70 bits per heavy atom. The van der Waals surface area contributed by atoms with Gasteiger partial charge in [-0.15, -0.1) is 0 Å². The molecule has 0 saturated heterocycles. The van der Waals surface area contributed by atoms with Crippen LogP contribution in [0.3, 0.4) is 0 Å². The summed E-state index contributed by atoms with van der Waals surface area (Å²) in [6, 6.07) is 12.2. The first-order valence-corrected chi connectivity index (χ1v) is 13.7. The molecule has 0 aliphatic carbocycles. The summed E-state index contributed by atoms with van der Waals surface area (Å²) in [7, 11) is 0. The molecule has 1 aliphatic heterocycles. The standard InChI is InChI=1S/C31H44FN3O2/c1-23(2)20-34-16-9-7-6-8-10-17-35(24(3)36)29-15-14-25(18-26(29)21-34)30(37)33-22-31(4,5)27-12-11-13-28(32)19-27/h11-15,18-19,23H,6-10,16-17,20-22H2,1-5H3,(H,33,37). The van der Waals surface area contributed by atoms with Crippen molar-refractivity contribution in [1.29, 1.82) is 0 Å². The Morgan fingerprint density at radius 1 is 1.00 bits per heavy atom. The summed E-state index contributed by atoms with van der Waals surface area (Å²) in [5.41, 5.74) is 2.90. The van der Waals surface area contributed by atoms with E-state index in [1.165, 1.54) is 25.0 Å². The van der Waals surface area contributed by atoms with Gasteiger partial charge in [-0.1, -0.05) is 59.1 Å². The lowest BCUT2D eigenvalue weighted by molar-refractivity contribution is -0.116. The molecule has 0 bridgehead atoms. The van der Waals surface area contributed by atoms with Crippen molar-refractivity contribution in [2.45, 2.75) is 78.7 Å². The predicted molar refractivity (Wildman–Crippen MR) is 149 cm³/mol. The molecule has 0 radical (unpaired) electrons. The lowest BCUT2D eigenvalue weighted by atomic mass is 9.84. The van der Waals surface area contributed by atoms with E-state index in [0.29, 0.717) is 31.1 Å². The van der Waals surface area contributed by atoms with Gasteiger partial charge in [-0.3, -0.25) is 14.5 Å². The van der Waals surface area contributed by atoms with Crippen molar-refractivity contribution in [3.63, 3.8) is 0 Å². The van der Waals surface area contributed by atoms with E-state index in [2.05, 4.69) is 24.1 Å². The van der Waals surface area contributed by atoms with Gasteiger partial charge in [0.25, 0.3) is 5.91 Å². The second kappa shape index (κ2) is 13.2. The molecule has 1 N–H and O–H groups in total. The minimum Gasteiger partial charge on any atom is -0.351 e. The molecule has 6 heteroatoms. The summed E-state index contributed by atoms with van der Waals surface area (Å²) in [6.45, 7) is 13.8. The summed E-state index contributed by atoms with van der Waals surface area (Å²) in [5, 5.41) is 3.05. The number of amides is 2. The van der Waals surface area contributed by atoms with Gasteiger partial charge in [0.2, 0.25) is 5.91 Å². The maximum absolute atomic E-state index is 13.8. The largest absolute Gasteiger partial charge is 0.351 e. The molecule has 0 spiro atoms. The third-order valence-corrected chi connectivity index (χ3v) is 7.18. The molecule has 0 atom stereocenters. The van der Waals surface area contributed by atoms with E-state index in [4.69, 9.17) is 0 Å². The molecule has 202 valence electrons. The second-order valence-corrected chi connectivity index (χ2v) is 11.5. The number of anilines is 1. The van der Waals surface area contributed by atoms with Gasteiger partial charge in [0, 0.05) is 49.8 Å². The Morgan fingerprint density at radius 3 is 2.38 bits per heavy atom. The van der Waals surface area contributed by atoms with E-state index < -0.39 is 5.41 Å². The zero-order valence-corrected chi connectivity index (χ0v) is 23.3. The molecule has 37 heavy (non-hydrogen) atoms. The van der Waals surface area contributed by atoms with E-state index in [0.717, 1.165) is 49.2 Å². The monoisotopic (exact) mass is 509 g/mol. The number of hydrogen-bond acceptors (Lipinski definition) is 3. The number of rotatable bonds is 6. The molecule has 0 saturated carbocycles. The van der Waals surface area contributed by atoms with Gasteiger partial charge in [-0.05, 0) is 66.8 Å². The molecule has 1 aliphatic rings. The van der Waals surface area contributed by atoms with Crippen LogP contribution in [0.15, 0.2) is 42.5 Å². The van der Waals surface area contributed by atoms with Crippen molar-refractivity contribution in [2.24, 2.45) is 5.92 Å². The van der Waals surface area contributed by atoms with Gasteiger partial charge in [0.05, 0.1) is 0 Å². The van der Waals surface area contributed by atoms with Gasteiger partial charge in [-0.2, -0.15) is 0 Å². The van der Waals surface area contributed by atoms with Crippen molar-refractivity contribution >= 4 is 17.5 Å². The van der Waals surface area contributed by atoms with Crippen molar-refractivity contribution in [2.75, 3.05) is 31.1 Å². The van der Waals surface area contributed by atoms with Crippen LogP contribution < -0.4 is 10.2 Å². The summed E-state index contributed by atoms with van der Waals surface area (Å²) in [4.78, 5) is 30.2. The lowest BCUT2D eigenvalue weighted by Gasteiger charge is -2.30. The summed E-state index contributed by atoms with van der Waals surface area (Å²) in [5.74, 6) is 0.112. The SMILES string of the molecule is CC(=O)N1CCCCCCCN(CC(C)C)Cc2cc(C(=O)NCC(C)(C)c3cccc(F)c3)ccc21.